The van der Waals surface area contributed by atoms with Crippen molar-refractivity contribution < 1.29 is 9.59 Å². The minimum absolute atomic E-state index is 0.0650. The van der Waals surface area contributed by atoms with Crippen LogP contribution in [0.4, 0.5) is 10.5 Å². The van der Waals surface area contributed by atoms with Crippen molar-refractivity contribution in [2.45, 2.75) is 58.0 Å². The summed E-state index contributed by atoms with van der Waals surface area (Å²) in [6.45, 7) is 4.76. The molecular weight excluding hydrogens is 302 g/mol. The third-order valence-electron chi connectivity index (χ3n) is 5.23. The van der Waals surface area contributed by atoms with Gasteiger partial charge in [-0.25, -0.2) is 4.79 Å². The van der Waals surface area contributed by atoms with Crippen LogP contribution < -0.4 is 15.5 Å². The quantitative estimate of drug-likeness (QED) is 0.895. The lowest BCUT2D eigenvalue weighted by Crippen LogP contribution is -2.49. The minimum Gasteiger partial charge on any atom is -0.335 e. The zero-order valence-corrected chi connectivity index (χ0v) is 14.5. The molecule has 24 heavy (non-hydrogen) atoms. The van der Waals surface area contributed by atoms with Gasteiger partial charge in [0.1, 0.15) is 0 Å². The van der Waals surface area contributed by atoms with Crippen molar-refractivity contribution in [3.05, 3.63) is 29.8 Å². The number of urea groups is 1. The van der Waals surface area contributed by atoms with Gasteiger partial charge in [-0.05, 0) is 37.8 Å². The number of carbonyl (C=O) groups is 2. The molecule has 1 heterocycles. The van der Waals surface area contributed by atoms with E-state index in [0.29, 0.717) is 18.9 Å². The van der Waals surface area contributed by atoms with Crippen LogP contribution in [-0.2, 0) is 4.79 Å². The number of nitrogens with one attached hydrogen (secondary N) is 2. The van der Waals surface area contributed by atoms with Crippen LogP contribution in [-0.4, -0.2) is 30.6 Å². The van der Waals surface area contributed by atoms with E-state index in [0.717, 1.165) is 12.1 Å². The van der Waals surface area contributed by atoms with Crippen LogP contribution in [0.25, 0.3) is 0 Å². The van der Waals surface area contributed by atoms with Crippen molar-refractivity contribution in [3.8, 4) is 0 Å². The molecule has 5 heteroatoms. The molecule has 2 fully saturated rings. The number of amides is 3. The molecule has 2 aliphatic rings. The Bertz CT molecular complexity index is 599. The van der Waals surface area contributed by atoms with E-state index >= 15 is 0 Å². The first-order chi connectivity index (χ1) is 11.5. The van der Waals surface area contributed by atoms with Crippen molar-refractivity contribution in [2.75, 3.05) is 11.4 Å². The van der Waals surface area contributed by atoms with Crippen LogP contribution in [0.3, 0.4) is 0 Å². The van der Waals surface area contributed by atoms with Gasteiger partial charge in [-0.15, -0.1) is 0 Å². The molecule has 3 atom stereocenters. The van der Waals surface area contributed by atoms with E-state index in [1.807, 2.05) is 31.2 Å². The summed E-state index contributed by atoms with van der Waals surface area (Å²) >= 11 is 0. The van der Waals surface area contributed by atoms with Crippen molar-refractivity contribution in [1.82, 2.24) is 10.6 Å². The van der Waals surface area contributed by atoms with E-state index in [9.17, 15) is 9.59 Å². The smallest absolute Gasteiger partial charge is 0.315 e. The molecule has 1 aliphatic heterocycles. The van der Waals surface area contributed by atoms with Crippen molar-refractivity contribution in [2.24, 2.45) is 5.92 Å². The van der Waals surface area contributed by atoms with E-state index in [1.165, 1.54) is 24.8 Å². The van der Waals surface area contributed by atoms with Gasteiger partial charge >= 0.3 is 6.03 Å². The fourth-order valence-electron chi connectivity index (χ4n) is 3.70. The number of hydrogen-bond acceptors (Lipinski definition) is 2. The fourth-order valence-corrected chi connectivity index (χ4v) is 3.70. The second kappa shape index (κ2) is 7.24. The van der Waals surface area contributed by atoms with Gasteiger partial charge in [0, 0.05) is 24.7 Å². The van der Waals surface area contributed by atoms with E-state index in [-0.39, 0.29) is 24.0 Å². The van der Waals surface area contributed by atoms with E-state index < -0.39 is 0 Å². The van der Waals surface area contributed by atoms with Gasteiger partial charge in [-0.2, -0.15) is 0 Å². The lowest BCUT2D eigenvalue weighted by Gasteiger charge is -2.30. The topological polar surface area (TPSA) is 61.4 Å². The summed E-state index contributed by atoms with van der Waals surface area (Å²) in [6.07, 6.45) is 5.02. The fraction of sp³-hybridized carbons (Fsp3) is 0.579. The predicted molar refractivity (Wildman–Crippen MR) is 95.0 cm³/mol. The Morgan fingerprint density at radius 2 is 1.83 bits per heavy atom. The average Bonchev–Trinajstić information content (AvgIpc) is 2.90. The van der Waals surface area contributed by atoms with Gasteiger partial charge in [0.2, 0.25) is 5.91 Å². The van der Waals surface area contributed by atoms with Crippen LogP contribution in [0.15, 0.2) is 24.3 Å². The van der Waals surface area contributed by atoms with Crippen LogP contribution in [0, 0.1) is 12.8 Å². The van der Waals surface area contributed by atoms with Gasteiger partial charge in [-0.1, -0.05) is 37.5 Å². The van der Waals surface area contributed by atoms with Crippen LogP contribution in [0.2, 0.25) is 0 Å². The second-order valence-corrected chi connectivity index (χ2v) is 7.23. The summed E-state index contributed by atoms with van der Waals surface area (Å²) in [4.78, 5) is 26.3. The number of hydrogen-bond donors (Lipinski definition) is 2. The van der Waals surface area contributed by atoms with E-state index in [4.69, 9.17) is 0 Å². The first-order valence-electron chi connectivity index (χ1n) is 8.97. The van der Waals surface area contributed by atoms with Gasteiger partial charge < -0.3 is 15.5 Å². The highest BCUT2D eigenvalue weighted by atomic mass is 16.2. The standard InChI is InChI=1S/C19H27N3O2/c1-13-7-9-16(10-8-13)22-12-15(11-18(22)23)20-19(24)21-17-6-4-3-5-14(17)2/h7-10,14-15,17H,3-6,11-12H2,1-2H3,(H2,20,21,24)/t14-,15-,17-/m0/s1. The van der Waals surface area contributed by atoms with Crippen molar-refractivity contribution >= 4 is 17.6 Å². The first-order valence-corrected chi connectivity index (χ1v) is 8.97. The molecular formula is C19H27N3O2. The Labute approximate surface area is 143 Å². The SMILES string of the molecule is Cc1ccc(N2C[C@@H](NC(=O)N[C@H]3CCCC[C@@H]3C)CC2=O)cc1. The Kier molecular flexibility index (Phi) is 5.07. The summed E-state index contributed by atoms with van der Waals surface area (Å²) < 4.78 is 0. The molecule has 5 nitrogen and oxygen atoms in total. The zero-order chi connectivity index (χ0) is 17.1. The van der Waals surface area contributed by atoms with Crippen molar-refractivity contribution in [3.63, 3.8) is 0 Å². The van der Waals surface area contributed by atoms with Gasteiger partial charge in [0.15, 0.2) is 0 Å². The average molecular weight is 329 g/mol. The minimum atomic E-state index is -0.141. The molecule has 2 N–H and O–H groups in total. The van der Waals surface area contributed by atoms with Gasteiger partial charge in [0.25, 0.3) is 0 Å². The second-order valence-electron chi connectivity index (χ2n) is 7.23. The number of benzene rings is 1. The van der Waals surface area contributed by atoms with Gasteiger partial charge in [-0.3, -0.25) is 4.79 Å². The maximum atomic E-state index is 12.3. The molecule has 1 aliphatic carbocycles. The van der Waals surface area contributed by atoms with Crippen LogP contribution >= 0.6 is 0 Å². The summed E-state index contributed by atoms with van der Waals surface area (Å²) in [6, 6.07) is 7.90. The molecule has 3 amide bonds. The molecule has 1 aromatic rings. The molecule has 0 aromatic heterocycles. The maximum Gasteiger partial charge on any atom is 0.315 e. The summed E-state index contributed by atoms with van der Waals surface area (Å²) in [5.74, 6) is 0.592. The van der Waals surface area contributed by atoms with Gasteiger partial charge in [0.05, 0.1) is 6.04 Å². The largest absolute Gasteiger partial charge is 0.335 e. The number of nitrogens with zero attached hydrogens (tertiary/aromatic N) is 1. The molecule has 0 bridgehead atoms. The summed E-state index contributed by atoms with van der Waals surface area (Å²) in [5, 5.41) is 6.07. The van der Waals surface area contributed by atoms with Crippen molar-refractivity contribution in [1.29, 1.82) is 0 Å². The number of carbonyl (C=O) groups excluding carboxylic acids is 2. The summed E-state index contributed by atoms with van der Waals surface area (Å²) in [5.41, 5.74) is 2.07. The molecule has 130 valence electrons. The lowest BCUT2D eigenvalue weighted by molar-refractivity contribution is -0.117. The Hall–Kier alpha value is -2.04. The lowest BCUT2D eigenvalue weighted by atomic mass is 9.86. The molecule has 1 aromatic carbocycles. The highest BCUT2D eigenvalue weighted by Crippen LogP contribution is 2.24. The molecule has 1 saturated heterocycles. The van der Waals surface area contributed by atoms with E-state index in [1.54, 1.807) is 4.90 Å². The highest BCUT2D eigenvalue weighted by Gasteiger charge is 2.32. The highest BCUT2D eigenvalue weighted by molar-refractivity contribution is 5.96. The molecule has 0 spiro atoms. The predicted octanol–water partition coefficient (Wildman–Crippen LogP) is 2.98. The number of rotatable bonds is 3. The third kappa shape index (κ3) is 3.89. The monoisotopic (exact) mass is 329 g/mol. The first kappa shape index (κ1) is 16.8. The van der Waals surface area contributed by atoms with E-state index in [2.05, 4.69) is 17.6 Å². The number of anilines is 1. The van der Waals surface area contributed by atoms with Crippen LogP contribution in [0.5, 0.6) is 0 Å². The third-order valence-corrected chi connectivity index (χ3v) is 5.23. The Morgan fingerprint density at radius 1 is 1.12 bits per heavy atom. The Balaban J connectivity index is 1.54. The Morgan fingerprint density at radius 3 is 2.54 bits per heavy atom. The molecule has 0 unspecified atom stereocenters. The van der Waals surface area contributed by atoms with Crippen LogP contribution in [0.1, 0.15) is 44.6 Å². The normalized spacial score (nSPS) is 27.2. The molecule has 0 radical (unpaired) electrons. The maximum absolute atomic E-state index is 12.3. The number of aryl methyl sites for hydroxylation is 1. The molecule has 3 rings (SSSR count). The zero-order valence-electron chi connectivity index (χ0n) is 14.5. The molecule has 1 saturated carbocycles. The summed E-state index contributed by atoms with van der Waals surface area (Å²) in [7, 11) is 0.